The highest BCUT2D eigenvalue weighted by Crippen LogP contribution is 2.25. The summed E-state index contributed by atoms with van der Waals surface area (Å²) in [5.74, 6) is 0.541. The molecule has 1 heterocycles. The van der Waals surface area contributed by atoms with Gasteiger partial charge in [-0.3, -0.25) is 4.99 Å². The van der Waals surface area contributed by atoms with E-state index in [-0.39, 0.29) is 5.75 Å². The van der Waals surface area contributed by atoms with Gasteiger partial charge in [-0.25, -0.2) is 4.68 Å². The summed E-state index contributed by atoms with van der Waals surface area (Å²) in [6.45, 7) is 1.97. The van der Waals surface area contributed by atoms with Crippen LogP contribution in [0, 0.1) is 6.92 Å². The fourth-order valence-corrected chi connectivity index (χ4v) is 2.35. The molecule has 0 fully saturated rings. The highest BCUT2D eigenvalue weighted by molar-refractivity contribution is 7.07. The van der Waals surface area contributed by atoms with Gasteiger partial charge >= 0.3 is 0 Å². The number of methoxy groups -OCH3 is 1. The van der Waals surface area contributed by atoms with E-state index in [9.17, 15) is 5.11 Å². The first-order valence-corrected chi connectivity index (χ1v) is 6.55. The summed E-state index contributed by atoms with van der Waals surface area (Å²) >= 11 is 1.54. The van der Waals surface area contributed by atoms with Crippen LogP contribution in [0.2, 0.25) is 0 Å². The maximum Gasteiger partial charge on any atom is 0.205 e. The largest absolute Gasteiger partial charge is 0.504 e. The van der Waals surface area contributed by atoms with E-state index in [4.69, 9.17) is 4.74 Å². The Bertz CT molecular complexity index is 671. The molecule has 0 aliphatic rings. The monoisotopic (exact) mass is 277 g/mol. The van der Waals surface area contributed by atoms with Gasteiger partial charge in [-0.2, -0.15) is 5.10 Å². The lowest BCUT2D eigenvalue weighted by Crippen LogP contribution is -2.11. The third-order valence-electron chi connectivity index (χ3n) is 2.57. The van der Waals surface area contributed by atoms with Crippen LogP contribution in [0.3, 0.4) is 0 Å². The number of hydrogen-bond acceptors (Lipinski definition) is 5. The number of aromatic nitrogens is 1. The molecular formula is C13H15N3O2S. The van der Waals surface area contributed by atoms with Crippen molar-refractivity contribution < 1.29 is 9.84 Å². The number of phenols is 1. The van der Waals surface area contributed by atoms with Crippen molar-refractivity contribution in [2.75, 3.05) is 14.2 Å². The van der Waals surface area contributed by atoms with E-state index >= 15 is 0 Å². The maximum absolute atomic E-state index is 9.53. The third-order valence-corrected chi connectivity index (χ3v) is 3.59. The molecule has 1 N–H and O–H groups in total. The number of rotatable bonds is 3. The van der Waals surface area contributed by atoms with Crippen LogP contribution in [-0.2, 0) is 0 Å². The first kappa shape index (κ1) is 13.4. The second-order valence-corrected chi connectivity index (χ2v) is 4.71. The molecule has 0 atom stereocenters. The fourth-order valence-electron chi connectivity index (χ4n) is 1.58. The van der Waals surface area contributed by atoms with Crippen LogP contribution in [0.1, 0.15) is 11.3 Å². The molecular weight excluding hydrogens is 262 g/mol. The summed E-state index contributed by atoms with van der Waals surface area (Å²) in [6.07, 6.45) is 1.70. The van der Waals surface area contributed by atoms with Crippen LogP contribution in [-0.4, -0.2) is 30.2 Å². The van der Waals surface area contributed by atoms with E-state index < -0.39 is 0 Å². The van der Waals surface area contributed by atoms with Crippen LogP contribution < -0.4 is 9.54 Å². The molecule has 1 aromatic heterocycles. The number of nitrogens with zero attached hydrogens (tertiary/aromatic N) is 3. The second-order valence-electron chi connectivity index (χ2n) is 3.87. The number of phenolic OH excluding ortho intramolecular Hbond substituents is 1. The summed E-state index contributed by atoms with van der Waals surface area (Å²) in [6, 6.07) is 5.08. The van der Waals surface area contributed by atoms with Crippen LogP contribution in [0.5, 0.6) is 11.5 Å². The molecule has 1 aromatic carbocycles. The number of aromatic hydroxyl groups is 1. The highest BCUT2D eigenvalue weighted by Gasteiger charge is 2.02. The Kier molecular flexibility index (Phi) is 4.01. The van der Waals surface area contributed by atoms with Gasteiger partial charge in [0.25, 0.3) is 0 Å². The SMILES string of the molecule is CN=c1scc(C)n1N=Cc1ccc(O)c(OC)c1. The minimum Gasteiger partial charge on any atom is -0.504 e. The minimum absolute atomic E-state index is 0.114. The predicted octanol–water partition coefficient (Wildman–Crippen LogP) is 1.98. The number of aryl methyl sites for hydroxylation is 1. The zero-order valence-electron chi connectivity index (χ0n) is 11.0. The molecule has 0 aliphatic carbocycles. The molecule has 0 saturated carbocycles. The van der Waals surface area contributed by atoms with Crippen molar-refractivity contribution in [3.05, 3.63) is 39.6 Å². The predicted molar refractivity (Wildman–Crippen MR) is 76.2 cm³/mol. The lowest BCUT2D eigenvalue weighted by atomic mass is 10.2. The Balaban J connectivity index is 2.35. The van der Waals surface area contributed by atoms with Gasteiger partial charge in [-0.15, -0.1) is 11.3 Å². The van der Waals surface area contributed by atoms with Gasteiger partial charge in [-0.05, 0) is 30.7 Å². The van der Waals surface area contributed by atoms with Crippen molar-refractivity contribution in [2.24, 2.45) is 10.1 Å². The minimum atomic E-state index is 0.114. The average molecular weight is 277 g/mol. The molecule has 0 saturated heterocycles. The molecule has 19 heavy (non-hydrogen) atoms. The lowest BCUT2D eigenvalue weighted by Gasteiger charge is -2.03. The Labute approximate surface area is 115 Å². The standard InChI is InChI=1S/C13H15N3O2S/c1-9-8-19-13(14-2)16(9)15-7-10-4-5-11(17)12(6-10)18-3/h4-8,17H,1-3H3. The van der Waals surface area contributed by atoms with E-state index in [0.29, 0.717) is 5.75 Å². The van der Waals surface area contributed by atoms with E-state index in [1.807, 2.05) is 12.3 Å². The van der Waals surface area contributed by atoms with Gasteiger partial charge in [0.15, 0.2) is 11.5 Å². The van der Waals surface area contributed by atoms with Gasteiger partial charge in [0.2, 0.25) is 4.80 Å². The molecule has 0 spiro atoms. The first-order valence-electron chi connectivity index (χ1n) is 5.67. The molecule has 100 valence electrons. The molecule has 5 nitrogen and oxygen atoms in total. The Morgan fingerprint density at radius 1 is 1.42 bits per heavy atom. The summed E-state index contributed by atoms with van der Waals surface area (Å²) < 4.78 is 6.82. The van der Waals surface area contributed by atoms with Crippen molar-refractivity contribution in [3.8, 4) is 11.5 Å². The van der Waals surface area contributed by atoms with Gasteiger partial charge < -0.3 is 9.84 Å². The third kappa shape index (κ3) is 2.85. The van der Waals surface area contributed by atoms with E-state index in [1.54, 1.807) is 36.1 Å². The highest BCUT2D eigenvalue weighted by atomic mass is 32.1. The van der Waals surface area contributed by atoms with Crippen molar-refractivity contribution in [3.63, 3.8) is 0 Å². The zero-order chi connectivity index (χ0) is 13.8. The molecule has 0 unspecified atom stereocenters. The normalized spacial score (nSPS) is 12.3. The average Bonchev–Trinajstić information content (AvgIpc) is 2.78. The van der Waals surface area contributed by atoms with Crippen LogP contribution in [0.25, 0.3) is 0 Å². The van der Waals surface area contributed by atoms with Crippen molar-refractivity contribution in [1.29, 1.82) is 0 Å². The second kappa shape index (κ2) is 5.71. The molecule has 0 bridgehead atoms. The number of ether oxygens (including phenoxy) is 1. The molecule has 2 rings (SSSR count). The van der Waals surface area contributed by atoms with Gasteiger partial charge in [-0.1, -0.05) is 0 Å². The summed E-state index contributed by atoms with van der Waals surface area (Å²) in [5.41, 5.74) is 1.86. The van der Waals surface area contributed by atoms with Crippen LogP contribution in [0.15, 0.2) is 33.7 Å². The summed E-state index contributed by atoms with van der Waals surface area (Å²) in [5, 5.41) is 15.9. The first-order chi connectivity index (χ1) is 9.15. The molecule has 0 amide bonds. The van der Waals surface area contributed by atoms with E-state index in [1.165, 1.54) is 18.4 Å². The Hall–Kier alpha value is -2.08. The van der Waals surface area contributed by atoms with Crippen LogP contribution >= 0.6 is 11.3 Å². The quantitative estimate of drug-likeness (QED) is 0.872. The zero-order valence-corrected chi connectivity index (χ0v) is 11.8. The number of hydrogen-bond donors (Lipinski definition) is 1. The van der Waals surface area contributed by atoms with Crippen molar-refractivity contribution in [1.82, 2.24) is 4.68 Å². The van der Waals surface area contributed by atoms with Crippen molar-refractivity contribution in [2.45, 2.75) is 6.92 Å². The molecule has 0 aliphatic heterocycles. The number of thiazole rings is 1. The Morgan fingerprint density at radius 2 is 2.21 bits per heavy atom. The van der Waals surface area contributed by atoms with Crippen LogP contribution in [0.4, 0.5) is 0 Å². The maximum atomic E-state index is 9.53. The summed E-state index contributed by atoms with van der Waals surface area (Å²) in [7, 11) is 3.25. The van der Waals surface area contributed by atoms with E-state index in [2.05, 4.69) is 10.1 Å². The fraction of sp³-hybridized carbons (Fsp3) is 0.231. The topological polar surface area (TPSA) is 59.1 Å². The molecule has 6 heteroatoms. The van der Waals surface area contributed by atoms with Gasteiger partial charge in [0.1, 0.15) is 0 Å². The summed E-state index contributed by atoms with van der Waals surface area (Å²) in [4.78, 5) is 4.99. The van der Waals surface area contributed by atoms with E-state index in [0.717, 1.165) is 16.1 Å². The molecule has 2 aromatic rings. The smallest absolute Gasteiger partial charge is 0.205 e. The van der Waals surface area contributed by atoms with Gasteiger partial charge in [0, 0.05) is 12.4 Å². The lowest BCUT2D eigenvalue weighted by molar-refractivity contribution is 0.373. The Morgan fingerprint density at radius 3 is 2.89 bits per heavy atom. The molecule has 0 radical (unpaired) electrons. The van der Waals surface area contributed by atoms with Gasteiger partial charge in [0.05, 0.1) is 19.0 Å². The number of benzene rings is 1. The van der Waals surface area contributed by atoms with Crippen molar-refractivity contribution >= 4 is 17.6 Å².